The van der Waals surface area contributed by atoms with Crippen molar-refractivity contribution in [2.24, 2.45) is 5.92 Å². The maximum atomic E-state index is 11.8. The van der Waals surface area contributed by atoms with Crippen molar-refractivity contribution >= 4 is 11.6 Å². The van der Waals surface area contributed by atoms with Gasteiger partial charge in [0.2, 0.25) is 0 Å². The largest absolute Gasteiger partial charge is 0.371 e. The molecule has 0 saturated carbocycles. The van der Waals surface area contributed by atoms with Gasteiger partial charge >= 0.3 is 0 Å². The van der Waals surface area contributed by atoms with Gasteiger partial charge in [0.15, 0.2) is 0 Å². The van der Waals surface area contributed by atoms with E-state index in [1.807, 2.05) is 19.1 Å². The molecule has 1 aliphatic rings. The second kappa shape index (κ2) is 7.98. The van der Waals surface area contributed by atoms with E-state index in [0.29, 0.717) is 12.2 Å². The Bertz CT molecular complexity index is 455. The Labute approximate surface area is 127 Å². The van der Waals surface area contributed by atoms with Crippen molar-refractivity contribution in [2.75, 3.05) is 37.6 Å². The number of amides is 1. The Morgan fingerprint density at radius 3 is 2.76 bits per heavy atom. The zero-order chi connectivity index (χ0) is 15.1. The normalized spacial score (nSPS) is 16.0. The number of rotatable bonds is 6. The molecule has 1 aliphatic heterocycles. The number of carbonyl (C=O) groups is 1. The summed E-state index contributed by atoms with van der Waals surface area (Å²) in [5.74, 6) is 0.673. The van der Waals surface area contributed by atoms with Gasteiger partial charge in [-0.1, -0.05) is 6.92 Å². The van der Waals surface area contributed by atoms with Crippen molar-refractivity contribution in [1.82, 2.24) is 15.6 Å². The Morgan fingerprint density at radius 1 is 1.33 bits per heavy atom. The summed E-state index contributed by atoms with van der Waals surface area (Å²) in [7, 11) is 0. The second-order valence-corrected chi connectivity index (χ2v) is 5.50. The van der Waals surface area contributed by atoms with Crippen LogP contribution in [0.2, 0.25) is 0 Å². The standard InChI is InChI=1S/C16H26N4O/c1-3-17-12-13-6-9-20(10-7-13)14-5-8-19-15(11-14)16(21)18-4-2/h5,8,11,13,17H,3-4,6-7,9-10,12H2,1-2H3,(H,18,21). The zero-order valence-corrected chi connectivity index (χ0v) is 13.1. The minimum Gasteiger partial charge on any atom is -0.371 e. The smallest absolute Gasteiger partial charge is 0.269 e. The van der Waals surface area contributed by atoms with Gasteiger partial charge in [-0.25, -0.2) is 0 Å². The molecule has 5 heteroatoms. The highest BCUT2D eigenvalue weighted by molar-refractivity contribution is 5.93. The SMILES string of the molecule is CCNCC1CCN(c2ccnc(C(=O)NCC)c2)CC1. The molecule has 5 nitrogen and oxygen atoms in total. The van der Waals surface area contributed by atoms with E-state index in [4.69, 9.17) is 0 Å². The van der Waals surface area contributed by atoms with Crippen LogP contribution in [-0.4, -0.2) is 43.6 Å². The molecule has 0 atom stereocenters. The van der Waals surface area contributed by atoms with Crippen LogP contribution in [0.4, 0.5) is 5.69 Å². The lowest BCUT2D eigenvalue weighted by Gasteiger charge is -2.33. The van der Waals surface area contributed by atoms with Crippen molar-refractivity contribution in [1.29, 1.82) is 0 Å². The van der Waals surface area contributed by atoms with Gasteiger partial charge in [-0.15, -0.1) is 0 Å². The molecule has 2 rings (SSSR count). The van der Waals surface area contributed by atoms with Crippen LogP contribution < -0.4 is 15.5 Å². The van der Waals surface area contributed by atoms with Crippen LogP contribution in [0.5, 0.6) is 0 Å². The molecule has 0 bridgehead atoms. The Hall–Kier alpha value is -1.62. The summed E-state index contributed by atoms with van der Waals surface area (Å²) in [6.45, 7) is 8.95. The average Bonchev–Trinajstić information content (AvgIpc) is 2.54. The third-order valence-corrected chi connectivity index (χ3v) is 3.98. The van der Waals surface area contributed by atoms with E-state index < -0.39 is 0 Å². The molecule has 1 amide bonds. The van der Waals surface area contributed by atoms with Crippen molar-refractivity contribution in [3.8, 4) is 0 Å². The molecule has 1 aromatic rings. The summed E-state index contributed by atoms with van der Waals surface area (Å²) in [5.41, 5.74) is 1.61. The predicted octanol–water partition coefficient (Wildman–Crippen LogP) is 1.66. The molecule has 116 valence electrons. The van der Waals surface area contributed by atoms with Crippen molar-refractivity contribution in [3.05, 3.63) is 24.0 Å². The van der Waals surface area contributed by atoms with E-state index in [1.54, 1.807) is 6.20 Å². The maximum Gasteiger partial charge on any atom is 0.269 e. The van der Waals surface area contributed by atoms with E-state index in [1.165, 1.54) is 12.8 Å². The topological polar surface area (TPSA) is 57.3 Å². The summed E-state index contributed by atoms with van der Waals surface area (Å²) < 4.78 is 0. The van der Waals surface area contributed by atoms with Crippen LogP contribution in [0.1, 0.15) is 37.2 Å². The first-order valence-electron chi connectivity index (χ1n) is 7.94. The van der Waals surface area contributed by atoms with Gasteiger partial charge in [0, 0.05) is 31.5 Å². The number of pyridine rings is 1. The molecule has 0 spiro atoms. The summed E-state index contributed by atoms with van der Waals surface area (Å²) in [6, 6.07) is 3.89. The van der Waals surface area contributed by atoms with Crippen LogP contribution >= 0.6 is 0 Å². The Balaban J connectivity index is 1.94. The lowest BCUT2D eigenvalue weighted by Crippen LogP contribution is -2.37. The van der Waals surface area contributed by atoms with Crippen molar-refractivity contribution < 1.29 is 4.79 Å². The highest BCUT2D eigenvalue weighted by Gasteiger charge is 2.19. The quantitative estimate of drug-likeness (QED) is 0.836. The van der Waals surface area contributed by atoms with Crippen LogP contribution in [-0.2, 0) is 0 Å². The third kappa shape index (κ3) is 4.43. The minimum atomic E-state index is -0.0959. The Morgan fingerprint density at radius 2 is 2.10 bits per heavy atom. The molecule has 1 fully saturated rings. The number of hydrogen-bond donors (Lipinski definition) is 2. The van der Waals surface area contributed by atoms with Crippen molar-refractivity contribution in [2.45, 2.75) is 26.7 Å². The Kier molecular flexibility index (Phi) is 5.99. The molecule has 0 aromatic carbocycles. The van der Waals surface area contributed by atoms with Gasteiger partial charge in [0.05, 0.1) is 0 Å². The average molecular weight is 290 g/mol. The van der Waals surface area contributed by atoms with E-state index in [0.717, 1.165) is 37.8 Å². The van der Waals surface area contributed by atoms with E-state index >= 15 is 0 Å². The van der Waals surface area contributed by atoms with Gasteiger partial charge < -0.3 is 15.5 Å². The molecule has 21 heavy (non-hydrogen) atoms. The van der Waals surface area contributed by atoms with E-state index in [-0.39, 0.29) is 5.91 Å². The zero-order valence-electron chi connectivity index (χ0n) is 13.1. The second-order valence-electron chi connectivity index (χ2n) is 5.50. The number of nitrogens with zero attached hydrogens (tertiary/aromatic N) is 2. The first-order valence-corrected chi connectivity index (χ1v) is 7.94. The first-order chi connectivity index (χ1) is 10.2. The molecule has 1 aromatic heterocycles. The van der Waals surface area contributed by atoms with Crippen LogP contribution in [0.15, 0.2) is 18.3 Å². The molecule has 2 N–H and O–H groups in total. The molecule has 0 aliphatic carbocycles. The van der Waals surface area contributed by atoms with E-state index in [2.05, 4.69) is 27.4 Å². The lowest BCUT2D eigenvalue weighted by atomic mass is 9.96. The van der Waals surface area contributed by atoms with Gasteiger partial charge in [-0.2, -0.15) is 0 Å². The molecular formula is C16H26N4O. The maximum absolute atomic E-state index is 11.8. The summed E-state index contributed by atoms with van der Waals surface area (Å²) >= 11 is 0. The number of anilines is 1. The van der Waals surface area contributed by atoms with Gasteiger partial charge in [0.25, 0.3) is 5.91 Å². The van der Waals surface area contributed by atoms with Crippen LogP contribution in [0.25, 0.3) is 0 Å². The number of aromatic nitrogens is 1. The fourth-order valence-corrected chi connectivity index (χ4v) is 2.74. The first kappa shape index (κ1) is 15.8. The van der Waals surface area contributed by atoms with Gasteiger partial charge in [-0.3, -0.25) is 9.78 Å². The van der Waals surface area contributed by atoms with Crippen molar-refractivity contribution in [3.63, 3.8) is 0 Å². The summed E-state index contributed by atoms with van der Waals surface area (Å²) in [5, 5.41) is 6.22. The number of carbonyl (C=O) groups excluding carboxylic acids is 1. The molecule has 1 saturated heterocycles. The summed E-state index contributed by atoms with van der Waals surface area (Å²) in [6.07, 6.45) is 4.13. The molecule has 2 heterocycles. The number of nitrogens with one attached hydrogen (secondary N) is 2. The number of hydrogen-bond acceptors (Lipinski definition) is 4. The summed E-state index contributed by atoms with van der Waals surface area (Å²) in [4.78, 5) is 18.4. The van der Waals surface area contributed by atoms with Gasteiger partial charge in [0.1, 0.15) is 5.69 Å². The van der Waals surface area contributed by atoms with Crippen LogP contribution in [0.3, 0.4) is 0 Å². The fourth-order valence-electron chi connectivity index (χ4n) is 2.74. The monoisotopic (exact) mass is 290 g/mol. The minimum absolute atomic E-state index is 0.0959. The van der Waals surface area contributed by atoms with Gasteiger partial charge in [-0.05, 0) is 50.9 Å². The van der Waals surface area contributed by atoms with E-state index in [9.17, 15) is 4.79 Å². The predicted molar refractivity (Wildman–Crippen MR) is 85.7 cm³/mol. The molecule has 0 radical (unpaired) electrons. The lowest BCUT2D eigenvalue weighted by molar-refractivity contribution is 0.0951. The third-order valence-electron chi connectivity index (χ3n) is 3.98. The number of piperidine rings is 1. The fraction of sp³-hybridized carbons (Fsp3) is 0.625. The molecule has 0 unspecified atom stereocenters. The highest BCUT2D eigenvalue weighted by Crippen LogP contribution is 2.23. The highest BCUT2D eigenvalue weighted by atomic mass is 16.1. The van der Waals surface area contributed by atoms with Crippen LogP contribution in [0, 0.1) is 5.92 Å². The molecular weight excluding hydrogens is 264 g/mol.